The van der Waals surface area contributed by atoms with E-state index in [2.05, 4.69) is 29.6 Å². The Morgan fingerprint density at radius 2 is 2.06 bits per heavy atom. The van der Waals surface area contributed by atoms with Crippen LogP contribution in [0.4, 0.5) is 4.79 Å². The molecule has 2 saturated carbocycles. The third-order valence-corrected chi connectivity index (χ3v) is 4.08. The lowest BCUT2D eigenvalue weighted by Gasteiger charge is -2.17. The molecule has 1 aromatic rings. The maximum atomic E-state index is 11.8. The lowest BCUT2D eigenvalue weighted by Crippen LogP contribution is -2.39. The molecule has 0 saturated heterocycles. The summed E-state index contributed by atoms with van der Waals surface area (Å²) in [6.45, 7) is 0.815. The molecule has 3 rings (SSSR count). The average molecular weight is 244 g/mol. The van der Waals surface area contributed by atoms with Crippen molar-refractivity contribution in [2.45, 2.75) is 31.2 Å². The van der Waals surface area contributed by atoms with Gasteiger partial charge in [0.15, 0.2) is 0 Å². The van der Waals surface area contributed by atoms with E-state index in [9.17, 15) is 4.79 Å². The number of carbonyl (C=O) groups excluding carboxylic acids is 1. The van der Waals surface area contributed by atoms with Gasteiger partial charge in [-0.3, -0.25) is 0 Å². The summed E-state index contributed by atoms with van der Waals surface area (Å²) < 4.78 is 0. The molecule has 0 aromatic heterocycles. The van der Waals surface area contributed by atoms with Gasteiger partial charge < -0.3 is 10.2 Å². The van der Waals surface area contributed by atoms with Crippen molar-refractivity contribution in [2.24, 2.45) is 5.92 Å². The van der Waals surface area contributed by atoms with E-state index < -0.39 is 0 Å². The number of hydrogen-bond donors (Lipinski definition) is 1. The minimum atomic E-state index is 0.0937. The van der Waals surface area contributed by atoms with Gasteiger partial charge in [0.25, 0.3) is 0 Å². The molecule has 2 unspecified atom stereocenters. The van der Waals surface area contributed by atoms with E-state index in [1.54, 1.807) is 0 Å². The molecule has 3 nitrogen and oxygen atoms in total. The van der Waals surface area contributed by atoms with Crippen LogP contribution in [0, 0.1) is 5.92 Å². The Kier molecular flexibility index (Phi) is 2.98. The molecule has 2 fully saturated rings. The average Bonchev–Trinajstić information content (AvgIpc) is 3.29. The summed E-state index contributed by atoms with van der Waals surface area (Å²) in [6, 6.07) is 11.2. The van der Waals surface area contributed by atoms with Crippen molar-refractivity contribution < 1.29 is 4.79 Å². The van der Waals surface area contributed by atoms with Crippen molar-refractivity contribution in [3.05, 3.63) is 35.9 Å². The summed E-state index contributed by atoms with van der Waals surface area (Å²) >= 11 is 0. The van der Waals surface area contributed by atoms with E-state index in [-0.39, 0.29) is 6.03 Å². The first-order chi connectivity index (χ1) is 8.75. The van der Waals surface area contributed by atoms with Crippen LogP contribution in [-0.2, 0) is 0 Å². The van der Waals surface area contributed by atoms with Crippen molar-refractivity contribution in [1.29, 1.82) is 0 Å². The van der Waals surface area contributed by atoms with Gasteiger partial charge in [-0.15, -0.1) is 0 Å². The number of carbonyl (C=O) groups is 1. The fourth-order valence-corrected chi connectivity index (χ4v) is 2.55. The van der Waals surface area contributed by atoms with Crippen LogP contribution in [0.5, 0.6) is 0 Å². The quantitative estimate of drug-likeness (QED) is 0.867. The van der Waals surface area contributed by atoms with E-state index in [1.165, 1.54) is 24.8 Å². The smallest absolute Gasteiger partial charge is 0.317 e. The van der Waals surface area contributed by atoms with Gasteiger partial charge >= 0.3 is 6.03 Å². The first-order valence-corrected chi connectivity index (χ1v) is 6.81. The summed E-state index contributed by atoms with van der Waals surface area (Å²) in [5.74, 6) is 1.28. The molecule has 18 heavy (non-hydrogen) atoms. The molecule has 0 heterocycles. The van der Waals surface area contributed by atoms with Crippen LogP contribution in [0.2, 0.25) is 0 Å². The number of benzene rings is 1. The molecule has 2 atom stereocenters. The van der Waals surface area contributed by atoms with Crippen LogP contribution in [0.3, 0.4) is 0 Å². The SMILES string of the molecule is CN(C(=O)NCC1CC1c1ccccc1)C1CC1. The second kappa shape index (κ2) is 4.63. The number of hydrogen-bond acceptors (Lipinski definition) is 1. The lowest BCUT2D eigenvalue weighted by molar-refractivity contribution is 0.206. The second-order valence-corrected chi connectivity index (χ2v) is 5.54. The molecule has 0 aliphatic heterocycles. The monoisotopic (exact) mass is 244 g/mol. The van der Waals surface area contributed by atoms with Crippen molar-refractivity contribution in [2.75, 3.05) is 13.6 Å². The zero-order valence-electron chi connectivity index (χ0n) is 10.8. The van der Waals surface area contributed by atoms with Gasteiger partial charge in [0.1, 0.15) is 0 Å². The number of rotatable bonds is 4. The first-order valence-electron chi connectivity index (χ1n) is 6.81. The minimum absolute atomic E-state index is 0.0937. The van der Waals surface area contributed by atoms with Crippen LogP contribution >= 0.6 is 0 Å². The fourth-order valence-electron chi connectivity index (χ4n) is 2.55. The van der Waals surface area contributed by atoms with Gasteiger partial charge in [-0.25, -0.2) is 4.79 Å². The molecule has 0 spiro atoms. The van der Waals surface area contributed by atoms with Gasteiger partial charge in [-0.2, -0.15) is 0 Å². The van der Waals surface area contributed by atoms with E-state index >= 15 is 0 Å². The van der Waals surface area contributed by atoms with Gasteiger partial charge in [0.2, 0.25) is 0 Å². The molecule has 3 heteroatoms. The summed E-state index contributed by atoms with van der Waals surface area (Å²) in [7, 11) is 1.90. The summed E-state index contributed by atoms with van der Waals surface area (Å²) in [5, 5.41) is 3.05. The zero-order chi connectivity index (χ0) is 12.5. The molecule has 1 aromatic carbocycles. The molecule has 2 aliphatic rings. The Morgan fingerprint density at radius 1 is 1.33 bits per heavy atom. The third kappa shape index (κ3) is 2.50. The lowest BCUT2D eigenvalue weighted by atomic mass is 10.1. The molecule has 1 N–H and O–H groups in total. The summed E-state index contributed by atoms with van der Waals surface area (Å²) in [5.41, 5.74) is 1.41. The highest BCUT2D eigenvalue weighted by atomic mass is 16.2. The minimum Gasteiger partial charge on any atom is -0.338 e. The van der Waals surface area contributed by atoms with Gasteiger partial charge in [-0.1, -0.05) is 30.3 Å². The number of nitrogens with zero attached hydrogens (tertiary/aromatic N) is 1. The van der Waals surface area contributed by atoms with E-state index in [4.69, 9.17) is 0 Å². The second-order valence-electron chi connectivity index (χ2n) is 5.54. The predicted octanol–water partition coefficient (Wildman–Crippen LogP) is 2.59. The Morgan fingerprint density at radius 3 is 2.72 bits per heavy atom. The topological polar surface area (TPSA) is 32.3 Å². The molecule has 96 valence electrons. The van der Waals surface area contributed by atoms with Crippen LogP contribution in [0.25, 0.3) is 0 Å². The maximum absolute atomic E-state index is 11.8. The van der Waals surface area contributed by atoms with Crippen molar-refractivity contribution in [1.82, 2.24) is 10.2 Å². The Balaban J connectivity index is 1.44. The van der Waals surface area contributed by atoms with Gasteiger partial charge in [-0.05, 0) is 36.7 Å². The van der Waals surface area contributed by atoms with E-state index in [0.29, 0.717) is 17.9 Å². The summed E-state index contributed by atoms with van der Waals surface area (Å²) in [4.78, 5) is 13.7. The van der Waals surface area contributed by atoms with Crippen LogP contribution in [0.1, 0.15) is 30.7 Å². The normalized spacial score (nSPS) is 25.6. The van der Waals surface area contributed by atoms with E-state index in [1.807, 2.05) is 18.0 Å². The summed E-state index contributed by atoms with van der Waals surface area (Å²) in [6.07, 6.45) is 3.54. The maximum Gasteiger partial charge on any atom is 0.317 e. The molecule has 2 aliphatic carbocycles. The van der Waals surface area contributed by atoms with Crippen LogP contribution < -0.4 is 5.32 Å². The Bertz CT molecular complexity index is 427. The first kappa shape index (κ1) is 11.6. The highest BCUT2D eigenvalue weighted by Crippen LogP contribution is 2.46. The third-order valence-electron chi connectivity index (χ3n) is 4.08. The van der Waals surface area contributed by atoms with Crippen molar-refractivity contribution in [3.63, 3.8) is 0 Å². The Hall–Kier alpha value is -1.51. The van der Waals surface area contributed by atoms with Crippen LogP contribution in [0.15, 0.2) is 30.3 Å². The van der Waals surface area contributed by atoms with Gasteiger partial charge in [0.05, 0.1) is 0 Å². The molecular formula is C15H20N2O. The fraction of sp³-hybridized carbons (Fsp3) is 0.533. The van der Waals surface area contributed by atoms with E-state index in [0.717, 1.165) is 6.54 Å². The van der Waals surface area contributed by atoms with Crippen molar-refractivity contribution in [3.8, 4) is 0 Å². The largest absolute Gasteiger partial charge is 0.338 e. The zero-order valence-corrected chi connectivity index (χ0v) is 10.8. The highest BCUT2D eigenvalue weighted by molar-refractivity contribution is 5.74. The van der Waals surface area contributed by atoms with Crippen LogP contribution in [-0.4, -0.2) is 30.6 Å². The number of nitrogens with one attached hydrogen (secondary N) is 1. The molecule has 0 radical (unpaired) electrons. The van der Waals surface area contributed by atoms with Crippen molar-refractivity contribution >= 4 is 6.03 Å². The molecule has 0 bridgehead atoms. The standard InChI is InChI=1S/C15H20N2O/c1-17(13-7-8-13)15(18)16-10-12-9-14(12)11-5-3-2-4-6-11/h2-6,12-14H,7-10H2,1H3,(H,16,18). The van der Waals surface area contributed by atoms with Gasteiger partial charge in [0, 0.05) is 19.6 Å². The Labute approximate surface area is 108 Å². The molecule has 2 amide bonds. The molecular weight excluding hydrogens is 224 g/mol. The highest BCUT2D eigenvalue weighted by Gasteiger charge is 2.38. The predicted molar refractivity (Wildman–Crippen MR) is 71.5 cm³/mol. The number of amides is 2. The number of urea groups is 1.